The lowest BCUT2D eigenvalue weighted by Crippen LogP contribution is -2.15. The number of nitrogens with zero attached hydrogens (tertiary/aromatic N) is 4. The van der Waals surface area contributed by atoms with E-state index in [1.54, 1.807) is 12.1 Å². The highest BCUT2D eigenvalue weighted by Gasteiger charge is 2.14. The van der Waals surface area contributed by atoms with Crippen LogP contribution < -0.4 is 43.0 Å². The smallest absolute Gasteiger partial charge is 0.234 e. The summed E-state index contributed by atoms with van der Waals surface area (Å²) in [6, 6.07) is 13.9. The Balaban J connectivity index is 1.35. The second-order valence-corrected chi connectivity index (χ2v) is 10.8. The van der Waals surface area contributed by atoms with E-state index in [-0.39, 0.29) is 46.6 Å². The molecule has 224 valence electrons. The van der Waals surface area contributed by atoms with E-state index in [9.17, 15) is 9.59 Å². The largest absolute Gasteiger partial charge is 0.495 e. The average molecular weight is 623 g/mol. The highest BCUT2D eigenvalue weighted by Crippen LogP contribution is 2.30. The molecule has 0 radical (unpaired) electrons. The molecule has 0 unspecified atom stereocenters. The summed E-state index contributed by atoms with van der Waals surface area (Å²) in [5.41, 5.74) is 25.6. The fraction of sp³-hybridized carbons (Fsp3) is 0.185. The van der Waals surface area contributed by atoms with Gasteiger partial charge in [0.1, 0.15) is 34.8 Å². The molecule has 14 nitrogen and oxygen atoms in total. The van der Waals surface area contributed by atoms with Crippen LogP contribution in [0, 0.1) is 0 Å². The van der Waals surface area contributed by atoms with Crippen LogP contribution in [0.1, 0.15) is 11.1 Å². The standard InChI is InChI=1S/C27H30N10O4S2/c1-40-18-8-14(3-5-16(18)32-24(38)12-42-26-34-20(28)10-21(29)35-26)7-15-4-6-17(19(9-15)41-2)33-25(39)13-43-27-36-22(30)11-23(31)37-27/h3-6,8-11H,7,12-13H2,1-2H3,(H,32,38)(H,33,39)(H4,28,29,34,35)(H4,30,31,36,37). The van der Waals surface area contributed by atoms with Gasteiger partial charge in [0.05, 0.1) is 37.1 Å². The first-order valence-electron chi connectivity index (χ1n) is 12.6. The number of nitrogens with one attached hydrogen (secondary N) is 2. The molecule has 16 heteroatoms. The van der Waals surface area contributed by atoms with Crippen LogP contribution >= 0.6 is 23.5 Å². The Morgan fingerprint density at radius 2 is 1.02 bits per heavy atom. The maximum atomic E-state index is 12.6. The van der Waals surface area contributed by atoms with Gasteiger partial charge in [-0.3, -0.25) is 9.59 Å². The van der Waals surface area contributed by atoms with E-state index >= 15 is 0 Å². The third-order valence-electron chi connectivity index (χ3n) is 5.64. The summed E-state index contributed by atoms with van der Waals surface area (Å²) in [5.74, 6) is 1.49. The molecule has 0 aliphatic heterocycles. The first-order chi connectivity index (χ1) is 20.6. The zero-order valence-electron chi connectivity index (χ0n) is 23.3. The van der Waals surface area contributed by atoms with E-state index in [2.05, 4.69) is 30.6 Å². The van der Waals surface area contributed by atoms with E-state index in [1.165, 1.54) is 26.4 Å². The Morgan fingerprint density at radius 3 is 1.37 bits per heavy atom. The van der Waals surface area contributed by atoms with E-state index in [0.29, 0.717) is 39.6 Å². The molecule has 0 saturated heterocycles. The number of aromatic nitrogens is 4. The van der Waals surface area contributed by atoms with E-state index in [1.807, 2.05) is 24.3 Å². The van der Waals surface area contributed by atoms with E-state index < -0.39 is 0 Å². The number of carbonyl (C=O) groups is 2. The molecule has 2 aromatic heterocycles. The summed E-state index contributed by atoms with van der Waals surface area (Å²) in [7, 11) is 3.05. The number of amides is 2. The minimum Gasteiger partial charge on any atom is -0.495 e. The Morgan fingerprint density at radius 1 is 0.651 bits per heavy atom. The topological polar surface area (TPSA) is 232 Å². The van der Waals surface area contributed by atoms with Gasteiger partial charge in [0.15, 0.2) is 10.3 Å². The van der Waals surface area contributed by atoms with Crippen LogP contribution in [-0.2, 0) is 16.0 Å². The highest BCUT2D eigenvalue weighted by molar-refractivity contribution is 8.00. The lowest BCUT2D eigenvalue weighted by molar-refractivity contribution is -0.114. The van der Waals surface area contributed by atoms with Gasteiger partial charge in [-0.1, -0.05) is 35.7 Å². The fourth-order valence-electron chi connectivity index (χ4n) is 3.82. The van der Waals surface area contributed by atoms with Crippen molar-refractivity contribution < 1.29 is 19.1 Å². The molecule has 2 amide bonds. The molecular weight excluding hydrogens is 592 g/mol. The minimum absolute atomic E-state index is 0.0540. The third kappa shape index (κ3) is 9.01. The number of hydrogen-bond acceptors (Lipinski definition) is 14. The van der Waals surface area contributed by atoms with Gasteiger partial charge in [-0.15, -0.1) is 0 Å². The van der Waals surface area contributed by atoms with Crippen molar-refractivity contribution >= 4 is 70.0 Å². The van der Waals surface area contributed by atoms with Crippen LogP contribution in [0.2, 0.25) is 0 Å². The molecular formula is C27H30N10O4S2. The number of methoxy groups -OCH3 is 2. The molecule has 0 atom stereocenters. The molecule has 0 saturated carbocycles. The van der Waals surface area contributed by atoms with Crippen molar-refractivity contribution in [1.29, 1.82) is 0 Å². The number of thioether (sulfide) groups is 2. The van der Waals surface area contributed by atoms with E-state index in [0.717, 1.165) is 34.7 Å². The van der Waals surface area contributed by atoms with Gasteiger partial charge in [-0.2, -0.15) is 0 Å². The summed E-state index contributed by atoms with van der Waals surface area (Å²) >= 11 is 2.23. The van der Waals surface area contributed by atoms with Gasteiger partial charge >= 0.3 is 0 Å². The van der Waals surface area contributed by atoms with Crippen molar-refractivity contribution in [1.82, 2.24) is 19.9 Å². The molecule has 2 heterocycles. The van der Waals surface area contributed by atoms with Gasteiger partial charge in [0, 0.05) is 12.1 Å². The second kappa shape index (κ2) is 14.3. The van der Waals surface area contributed by atoms with Gasteiger partial charge in [0.2, 0.25) is 11.8 Å². The maximum absolute atomic E-state index is 12.6. The zero-order chi connectivity index (χ0) is 30.9. The highest BCUT2D eigenvalue weighted by atomic mass is 32.2. The van der Waals surface area contributed by atoms with Crippen LogP contribution in [-0.4, -0.2) is 57.5 Å². The molecule has 10 N–H and O–H groups in total. The summed E-state index contributed by atoms with van der Waals surface area (Å²) < 4.78 is 11.0. The van der Waals surface area contributed by atoms with Crippen molar-refractivity contribution in [2.24, 2.45) is 0 Å². The Bertz CT molecular complexity index is 1480. The zero-order valence-corrected chi connectivity index (χ0v) is 24.9. The second-order valence-electron chi connectivity index (χ2n) is 8.92. The van der Waals surface area contributed by atoms with Crippen LogP contribution in [0.4, 0.5) is 34.6 Å². The number of carbonyl (C=O) groups excluding carboxylic acids is 2. The summed E-state index contributed by atoms with van der Waals surface area (Å²) in [5, 5.41) is 6.30. The van der Waals surface area contributed by atoms with Crippen LogP contribution in [0.5, 0.6) is 11.5 Å². The molecule has 0 bridgehead atoms. The Hall–Kier alpha value is -4.96. The van der Waals surface area contributed by atoms with Crippen LogP contribution in [0.3, 0.4) is 0 Å². The summed E-state index contributed by atoms with van der Waals surface area (Å²) in [6.45, 7) is 0. The molecule has 0 spiro atoms. The monoisotopic (exact) mass is 622 g/mol. The molecule has 0 fully saturated rings. The van der Waals surface area contributed by atoms with Crippen molar-refractivity contribution in [2.45, 2.75) is 16.7 Å². The minimum atomic E-state index is -0.272. The lowest BCUT2D eigenvalue weighted by Gasteiger charge is -2.14. The van der Waals surface area contributed by atoms with Crippen molar-refractivity contribution in [3.63, 3.8) is 0 Å². The normalized spacial score (nSPS) is 10.7. The number of nitrogen functional groups attached to an aromatic ring is 4. The van der Waals surface area contributed by atoms with Crippen molar-refractivity contribution in [3.8, 4) is 11.5 Å². The first kappa shape index (κ1) is 31.0. The summed E-state index contributed by atoms with van der Waals surface area (Å²) in [4.78, 5) is 41.3. The van der Waals surface area contributed by atoms with Crippen LogP contribution in [0.25, 0.3) is 0 Å². The summed E-state index contributed by atoms with van der Waals surface area (Å²) in [6.07, 6.45) is 0.545. The molecule has 2 aromatic carbocycles. The van der Waals surface area contributed by atoms with Crippen LogP contribution in [0.15, 0.2) is 58.8 Å². The SMILES string of the molecule is COc1cc(Cc2ccc(NC(=O)CSc3nc(N)cc(N)n3)c(OC)c2)ccc1NC(=O)CSc1nc(N)cc(N)n1. The Kier molecular flexibility index (Phi) is 10.3. The Labute approximate surface area is 255 Å². The molecule has 43 heavy (non-hydrogen) atoms. The molecule has 4 rings (SSSR count). The first-order valence-corrected chi connectivity index (χ1v) is 14.6. The number of nitrogens with two attached hydrogens (primary N) is 4. The number of benzene rings is 2. The third-order valence-corrected chi connectivity index (χ3v) is 7.34. The molecule has 0 aliphatic rings. The van der Waals surface area contributed by atoms with Crippen molar-refractivity contribution in [2.75, 3.05) is 59.3 Å². The number of ether oxygens (including phenoxy) is 2. The number of anilines is 6. The predicted molar refractivity (Wildman–Crippen MR) is 169 cm³/mol. The van der Waals surface area contributed by atoms with Crippen molar-refractivity contribution in [3.05, 3.63) is 59.7 Å². The lowest BCUT2D eigenvalue weighted by atomic mass is 10.0. The van der Waals surface area contributed by atoms with E-state index in [4.69, 9.17) is 32.4 Å². The van der Waals surface area contributed by atoms with Gasteiger partial charge in [-0.25, -0.2) is 19.9 Å². The number of hydrogen-bond donors (Lipinski definition) is 6. The quantitative estimate of drug-likeness (QED) is 0.0985. The van der Waals surface area contributed by atoms with Gasteiger partial charge < -0.3 is 43.0 Å². The van der Waals surface area contributed by atoms with Gasteiger partial charge in [-0.05, 0) is 41.8 Å². The predicted octanol–water partition coefficient (Wildman–Crippen LogP) is 2.67. The maximum Gasteiger partial charge on any atom is 0.234 e. The average Bonchev–Trinajstić information content (AvgIpc) is 2.95. The molecule has 0 aliphatic carbocycles. The number of rotatable bonds is 12. The fourth-order valence-corrected chi connectivity index (χ4v) is 5.16. The molecule has 4 aromatic rings. The van der Waals surface area contributed by atoms with Gasteiger partial charge in [0.25, 0.3) is 0 Å².